The van der Waals surface area contributed by atoms with Crippen LogP contribution in [0.2, 0.25) is 10.0 Å². The number of anilines is 1. The summed E-state index contributed by atoms with van der Waals surface area (Å²) in [6, 6.07) is 15.9. The van der Waals surface area contributed by atoms with Gasteiger partial charge in [-0.05, 0) is 85.7 Å². The number of benzene rings is 3. The number of carbonyl (C=O) groups excluding carboxylic acids is 1. The van der Waals surface area contributed by atoms with E-state index in [0.717, 1.165) is 11.1 Å². The van der Waals surface area contributed by atoms with Gasteiger partial charge in [0.15, 0.2) is 10.7 Å². The fraction of sp³-hybridized carbons (Fsp3) is 0.0870. The summed E-state index contributed by atoms with van der Waals surface area (Å²) in [5.41, 5.74) is 5.14. The van der Waals surface area contributed by atoms with Gasteiger partial charge in [0.2, 0.25) is 5.89 Å². The molecule has 0 spiro atoms. The zero-order chi connectivity index (χ0) is 22.1. The van der Waals surface area contributed by atoms with Crippen LogP contribution in [-0.2, 0) is 0 Å². The molecule has 5 nitrogen and oxygen atoms in total. The molecule has 8 heteroatoms. The Kier molecular flexibility index (Phi) is 5.96. The summed E-state index contributed by atoms with van der Waals surface area (Å²) in [6.07, 6.45) is 0. The molecule has 0 aliphatic heterocycles. The van der Waals surface area contributed by atoms with Crippen molar-refractivity contribution in [1.82, 2.24) is 10.3 Å². The van der Waals surface area contributed by atoms with E-state index < -0.39 is 0 Å². The number of carbonyl (C=O) groups is 1. The lowest BCUT2D eigenvalue weighted by Gasteiger charge is -2.11. The summed E-state index contributed by atoms with van der Waals surface area (Å²) in [4.78, 5) is 16.9. The first-order valence-electron chi connectivity index (χ1n) is 9.36. The smallest absolute Gasteiger partial charge is 0.257 e. The first-order valence-corrected chi connectivity index (χ1v) is 10.5. The highest BCUT2D eigenvalue weighted by Crippen LogP contribution is 2.33. The Morgan fingerprint density at radius 1 is 1.00 bits per heavy atom. The maximum atomic E-state index is 12.5. The summed E-state index contributed by atoms with van der Waals surface area (Å²) in [5, 5.41) is 6.89. The number of oxazole rings is 1. The maximum Gasteiger partial charge on any atom is 0.257 e. The number of amides is 1. The normalized spacial score (nSPS) is 10.8. The largest absolute Gasteiger partial charge is 0.436 e. The van der Waals surface area contributed by atoms with Gasteiger partial charge in [-0.15, -0.1) is 0 Å². The molecule has 0 saturated heterocycles. The molecule has 0 bridgehead atoms. The second kappa shape index (κ2) is 8.67. The predicted octanol–water partition coefficient (Wildman–Crippen LogP) is 6.55. The monoisotopic (exact) mass is 469 g/mol. The van der Waals surface area contributed by atoms with Crippen LogP contribution in [-0.4, -0.2) is 16.0 Å². The lowest BCUT2D eigenvalue weighted by atomic mass is 10.1. The van der Waals surface area contributed by atoms with Crippen LogP contribution in [0.4, 0.5) is 5.69 Å². The third-order valence-corrected chi connectivity index (χ3v) is 5.57. The van der Waals surface area contributed by atoms with Crippen molar-refractivity contribution in [3.05, 3.63) is 81.3 Å². The van der Waals surface area contributed by atoms with E-state index in [1.807, 2.05) is 26.0 Å². The number of rotatable bonds is 3. The molecule has 4 aromatic rings. The molecule has 0 aliphatic rings. The fourth-order valence-electron chi connectivity index (χ4n) is 3.00. The first kappa shape index (κ1) is 21.3. The molecule has 0 unspecified atom stereocenters. The summed E-state index contributed by atoms with van der Waals surface area (Å²) in [6.45, 7) is 3.95. The first-order chi connectivity index (χ1) is 14.8. The van der Waals surface area contributed by atoms with Crippen molar-refractivity contribution in [2.75, 3.05) is 5.32 Å². The maximum absolute atomic E-state index is 12.5. The van der Waals surface area contributed by atoms with Gasteiger partial charge >= 0.3 is 0 Å². The van der Waals surface area contributed by atoms with Gasteiger partial charge in [-0.3, -0.25) is 10.1 Å². The Morgan fingerprint density at radius 3 is 2.58 bits per heavy atom. The number of halogens is 2. The number of thiocarbonyl (C=S) groups is 1. The fourth-order valence-corrected chi connectivity index (χ4v) is 3.58. The topological polar surface area (TPSA) is 67.2 Å². The highest BCUT2D eigenvalue weighted by atomic mass is 35.5. The zero-order valence-electron chi connectivity index (χ0n) is 16.6. The number of fused-ring (bicyclic) bond motifs is 1. The SMILES string of the molecule is Cc1ccc(C(=O)NC(=S)Nc2ccc(Cl)c(-c3nc4cc(Cl)ccc4o3)c2)cc1C. The van der Waals surface area contributed by atoms with Crippen LogP contribution in [0.15, 0.2) is 59.0 Å². The van der Waals surface area contributed by atoms with E-state index in [-0.39, 0.29) is 11.0 Å². The summed E-state index contributed by atoms with van der Waals surface area (Å²) in [7, 11) is 0. The summed E-state index contributed by atoms with van der Waals surface area (Å²) < 4.78 is 5.81. The van der Waals surface area contributed by atoms with E-state index in [1.54, 1.807) is 42.5 Å². The van der Waals surface area contributed by atoms with E-state index >= 15 is 0 Å². The van der Waals surface area contributed by atoms with Crippen LogP contribution in [0.25, 0.3) is 22.6 Å². The lowest BCUT2D eigenvalue weighted by molar-refractivity contribution is 0.0977. The molecule has 3 aromatic carbocycles. The number of aryl methyl sites for hydroxylation is 2. The van der Waals surface area contributed by atoms with E-state index in [9.17, 15) is 4.79 Å². The molecule has 0 fully saturated rings. The van der Waals surface area contributed by atoms with Gasteiger partial charge in [-0.25, -0.2) is 4.98 Å². The van der Waals surface area contributed by atoms with Crippen molar-refractivity contribution in [3.63, 3.8) is 0 Å². The van der Waals surface area contributed by atoms with Gasteiger partial charge in [-0.2, -0.15) is 0 Å². The minimum Gasteiger partial charge on any atom is -0.436 e. The highest BCUT2D eigenvalue weighted by molar-refractivity contribution is 7.80. The van der Waals surface area contributed by atoms with E-state index in [4.69, 9.17) is 39.8 Å². The Hall–Kier alpha value is -2.93. The number of nitrogens with one attached hydrogen (secondary N) is 2. The van der Waals surface area contributed by atoms with Crippen molar-refractivity contribution in [2.45, 2.75) is 13.8 Å². The van der Waals surface area contributed by atoms with Crippen LogP contribution in [0.1, 0.15) is 21.5 Å². The molecule has 0 aliphatic carbocycles. The Balaban J connectivity index is 1.53. The third kappa shape index (κ3) is 4.71. The van der Waals surface area contributed by atoms with Gasteiger partial charge in [0.05, 0.1) is 10.6 Å². The molecule has 156 valence electrons. The van der Waals surface area contributed by atoms with Gasteiger partial charge in [0.25, 0.3) is 5.91 Å². The third-order valence-electron chi connectivity index (χ3n) is 4.80. The minimum atomic E-state index is -0.286. The standard InChI is InChI=1S/C23H17Cl2N3O2S/c1-12-3-4-14(9-13(12)2)21(29)28-23(31)26-16-6-7-18(25)17(11-16)22-27-19-10-15(24)5-8-20(19)30-22/h3-11H,1-2H3,(H2,26,28,29,31). The average Bonchev–Trinajstić information content (AvgIpc) is 3.14. The van der Waals surface area contributed by atoms with Crippen molar-refractivity contribution < 1.29 is 9.21 Å². The molecule has 0 saturated carbocycles. The minimum absolute atomic E-state index is 0.167. The lowest BCUT2D eigenvalue weighted by Crippen LogP contribution is -2.34. The second-order valence-electron chi connectivity index (χ2n) is 7.03. The molecule has 4 rings (SSSR count). The Morgan fingerprint density at radius 2 is 1.81 bits per heavy atom. The van der Waals surface area contributed by atoms with E-state index in [0.29, 0.717) is 43.9 Å². The molecule has 0 atom stereocenters. The van der Waals surface area contributed by atoms with Crippen molar-refractivity contribution in [3.8, 4) is 11.5 Å². The molecular formula is C23H17Cl2N3O2S. The van der Waals surface area contributed by atoms with Gasteiger partial charge in [-0.1, -0.05) is 29.3 Å². The molecule has 0 radical (unpaired) electrons. The number of hydrogen-bond donors (Lipinski definition) is 2. The molecule has 1 amide bonds. The van der Waals surface area contributed by atoms with Gasteiger partial charge < -0.3 is 9.73 Å². The van der Waals surface area contributed by atoms with Crippen LogP contribution < -0.4 is 10.6 Å². The quantitative estimate of drug-likeness (QED) is 0.333. The van der Waals surface area contributed by atoms with Gasteiger partial charge in [0.1, 0.15) is 5.52 Å². The molecular weight excluding hydrogens is 453 g/mol. The predicted molar refractivity (Wildman–Crippen MR) is 129 cm³/mol. The number of aromatic nitrogens is 1. The van der Waals surface area contributed by atoms with Gasteiger partial charge in [0, 0.05) is 16.3 Å². The molecule has 1 heterocycles. The van der Waals surface area contributed by atoms with Crippen LogP contribution >= 0.6 is 35.4 Å². The molecule has 31 heavy (non-hydrogen) atoms. The van der Waals surface area contributed by atoms with Crippen molar-refractivity contribution in [2.24, 2.45) is 0 Å². The number of nitrogens with zero attached hydrogens (tertiary/aromatic N) is 1. The Labute approximate surface area is 194 Å². The average molecular weight is 470 g/mol. The van der Waals surface area contributed by atoms with E-state index in [1.165, 1.54) is 0 Å². The van der Waals surface area contributed by atoms with E-state index in [2.05, 4.69) is 15.6 Å². The van der Waals surface area contributed by atoms with Crippen LogP contribution in [0.3, 0.4) is 0 Å². The van der Waals surface area contributed by atoms with Crippen LogP contribution in [0, 0.1) is 13.8 Å². The highest BCUT2D eigenvalue weighted by Gasteiger charge is 2.14. The Bertz CT molecular complexity index is 1330. The van der Waals surface area contributed by atoms with Crippen molar-refractivity contribution in [1.29, 1.82) is 0 Å². The van der Waals surface area contributed by atoms with Crippen LogP contribution in [0.5, 0.6) is 0 Å². The second-order valence-corrected chi connectivity index (χ2v) is 8.28. The molecule has 2 N–H and O–H groups in total. The summed E-state index contributed by atoms with van der Waals surface area (Å²) >= 11 is 17.7. The number of hydrogen-bond acceptors (Lipinski definition) is 4. The van der Waals surface area contributed by atoms with Crippen molar-refractivity contribution >= 4 is 63.2 Å². The zero-order valence-corrected chi connectivity index (χ0v) is 19.0. The summed E-state index contributed by atoms with van der Waals surface area (Å²) in [5.74, 6) is 0.0709. The molecule has 1 aromatic heterocycles.